The Kier molecular flexibility index (Phi) is 4.37. The predicted octanol–water partition coefficient (Wildman–Crippen LogP) is 2.62. The first-order valence-corrected chi connectivity index (χ1v) is 9.16. The van der Waals surface area contributed by atoms with Crippen LogP contribution in [0.15, 0.2) is 42.9 Å². The topological polar surface area (TPSA) is 84.0 Å². The van der Waals surface area contributed by atoms with E-state index >= 15 is 0 Å². The molecule has 1 aromatic carbocycles. The Bertz CT molecular complexity index is 875. The fourth-order valence-corrected chi connectivity index (χ4v) is 4.50. The number of fused-ring (bicyclic) bond motifs is 2. The second kappa shape index (κ2) is 6.72. The van der Waals surface area contributed by atoms with Gasteiger partial charge in [-0.2, -0.15) is 0 Å². The third-order valence-electron chi connectivity index (χ3n) is 5.71. The number of hydrogen-bond donors (Lipinski definition) is 2. The van der Waals surface area contributed by atoms with E-state index in [4.69, 9.17) is 0 Å². The summed E-state index contributed by atoms with van der Waals surface area (Å²) in [4.78, 5) is 33.1. The number of nitrogens with zero attached hydrogens (tertiary/aromatic N) is 2. The fourth-order valence-electron chi connectivity index (χ4n) is 4.50. The van der Waals surface area contributed by atoms with Gasteiger partial charge in [-0.25, -0.2) is 9.37 Å². The molecule has 0 saturated heterocycles. The zero-order valence-corrected chi connectivity index (χ0v) is 14.9. The number of halogens is 1. The number of hydrogen-bond acceptors (Lipinski definition) is 4. The quantitative estimate of drug-likeness (QED) is 0.869. The van der Waals surface area contributed by atoms with Crippen LogP contribution < -0.4 is 10.6 Å². The largest absolute Gasteiger partial charge is 0.347 e. The van der Waals surface area contributed by atoms with E-state index in [1.54, 1.807) is 6.07 Å². The fraction of sp³-hybridized carbons (Fsp3) is 0.400. The number of carbonyl (C=O) groups excluding carboxylic acids is 2. The highest BCUT2D eigenvalue weighted by molar-refractivity contribution is 5.95. The minimum atomic E-state index is -0.430. The monoisotopic (exact) mass is 368 g/mol. The zero-order valence-electron chi connectivity index (χ0n) is 14.9. The molecule has 7 heteroatoms. The van der Waals surface area contributed by atoms with Crippen LogP contribution in [-0.4, -0.2) is 32.9 Å². The van der Waals surface area contributed by atoms with Crippen LogP contribution in [0.3, 0.4) is 0 Å². The van der Waals surface area contributed by atoms with Gasteiger partial charge in [0, 0.05) is 29.0 Å². The van der Waals surface area contributed by atoms with Gasteiger partial charge in [0.2, 0.25) is 0 Å². The summed E-state index contributed by atoms with van der Waals surface area (Å²) in [6, 6.07) is 5.70. The number of benzene rings is 1. The lowest BCUT2D eigenvalue weighted by Crippen LogP contribution is -2.55. The van der Waals surface area contributed by atoms with Crippen molar-refractivity contribution < 1.29 is 14.0 Å². The van der Waals surface area contributed by atoms with E-state index in [1.165, 1.54) is 36.8 Å². The summed E-state index contributed by atoms with van der Waals surface area (Å²) in [5, 5.41) is 6.25. The van der Waals surface area contributed by atoms with Crippen molar-refractivity contribution in [2.24, 2.45) is 0 Å². The van der Waals surface area contributed by atoms with Gasteiger partial charge in [-0.05, 0) is 56.7 Å². The molecule has 2 fully saturated rings. The van der Waals surface area contributed by atoms with E-state index < -0.39 is 5.82 Å². The molecule has 2 aliphatic rings. The van der Waals surface area contributed by atoms with Gasteiger partial charge in [0.05, 0.1) is 6.20 Å². The van der Waals surface area contributed by atoms with E-state index in [-0.39, 0.29) is 22.9 Å². The Hall–Kier alpha value is -2.83. The Balaban J connectivity index is 1.48. The maximum atomic E-state index is 13.4. The first kappa shape index (κ1) is 17.6. The molecular weight excluding hydrogens is 347 g/mol. The van der Waals surface area contributed by atoms with Gasteiger partial charge in [0.25, 0.3) is 11.8 Å². The first-order chi connectivity index (χ1) is 13.0. The normalized spacial score (nSPS) is 26.4. The van der Waals surface area contributed by atoms with Crippen LogP contribution in [0.2, 0.25) is 0 Å². The molecular formula is C20H21FN4O2. The average molecular weight is 368 g/mol. The van der Waals surface area contributed by atoms with Crippen molar-refractivity contribution in [2.75, 3.05) is 0 Å². The molecule has 2 atom stereocenters. The number of aromatic nitrogens is 2. The van der Waals surface area contributed by atoms with Crippen molar-refractivity contribution >= 4 is 11.8 Å². The third-order valence-corrected chi connectivity index (χ3v) is 5.71. The molecule has 140 valence electrons. The van der Waals surface area contributed by atoms with Gasteiger partial charge in [0.1, 0.15) is 11.5 Å². The van der Waals surface area contributed by atoms with Gasteiger partial charge in [-0.15, -0.1) is 0 Å². The standard InChI is InChI=1S/C20H21FN4O2/c21-15-4-1-3-14(11-15)17(26)24-19-5-2-6-20(13-19,8-7-19)25-18(27)16-12-22-9-10-23-16/h1,3-4,9-12H,2,5-8,13H2,(H,24,26)(H,25,27)/t19-,20+/m1/s1. The SMILES string of the molecule is O=C(N[C@]12CCC[C@](NC(=O)c3cnccn3)(CC1)C2)c1cccc(F)c1. The maximum absolute atomic E-state index is 13.4. The highest BCUT2D eigenvalue weighted by atomic mass is 19.1. The second-order valence-electron chi connectivity index (χ2n) is 7.60. The highest BCUT2D eigenvalue weighted by Gasteiger charge is 2.52. The lowest BCUT2D eigenvalue weighted by Gasteiger charge is -2.40. The molecule has 1 aromatic heterocycles. The smallest absolute Gasteiger partial charge is 0.271 e. The summed E-state index contributed by atoms with van der Waals surface area (Å²) in [7, 11) is 0. The summed E-state index contributed by atoms with van der Waals surface area (Å²) >= 11 is 0. The molecule has 2 amide bonds. The van der Waals surface area contributed by atoms with Crippen LogP contribution in [0.25, 0.3) is 0 Å². The number of nitrogens with one attached hydrogen (secondary N) is 2. The summed E-state index contributed by atoms with van der Waals surface area (Å²) in [5.74, 6) is -0.939. The number of carbonyl (C=O) groups is 2. The van der Waals surface area contributed by atoms with Crippen LogP contribution in [-0.2, 0) is 0 Å². The van der Waals surface area contributed by atoms with Crippen LogP contribution in [0.4, 0.5) is 4.39 Å². The molecule has 1 heterocycles. The zero-order chi connectivity index (χ0) is 18.9. The van der Waals surface area contributed by atoms with Gasteiger partial charge < -0.3 is 10.6 Å². The average Bonchev–Trinajstić information content (AvgIpc) is 2.92. The van der Waals surface area contributed by atoms with Gasteiger partial charge in [0.15, 0.2) is 0 Å². The minimum Gasteiger partial charge on any atom is -0.347 e. The third kappa shape index (κ3) is 3.54. The molecule has 0 radical (unpaired) electrons. The van der Waals surface area contributed by atoms with Crippen molar-refractivity contribution in [2.45, 2.75) is 49.6 Å². The minimum absolute atomic E-state index is 0.239. The molecule has 6 nitrogen and oxygen atoms in total. The first-order valence-electron chi connectivity index (χ1n) is 9.16. The molecule has 2 bridgehead atoms. The van der Waals surface area contributed by atoms with Crippen LogP contribution >= 0.6 is 0 Å². The molecule has 4 rings (SSSR count). The highest BCUT2D eigenvalue weighted by Crippen LogP contribution is 2.48. The lowest BCUT2D eigenvalue weighted by molar-refractivity contribution is 0.0829. The lowest BCUT2D eigenvalue weighted by atomic mass is 9.78. The molecule has 2 aromatic rings. The van der Waals surface area contributed by atoms with Crippen molar-refractivity contribution in [3.05, 3.63) is 59.9 Å². The van der Waals surface area contributed by atoms with Crippen molar-refractivity contribution in [1.82, 2.24) is 20.6 Å². The Labute approximate surface area is 156 Å². The molecule has 0 aliphatic heterocycles. The molecule has 2 saturated carbocycles. The summed E-state index contributed by atoms with van der Waals surface area (Å²) in [6.07, 6.45) is 9.36. The Morgan fingerprint density at radius 2 is 1.74 bits per heavy atom. The van der Waals surface area contributed by atoms with Crippen LogP contribution in [0.5, 0.6) is 0 Å². The molecule has 0 spiro atoms. The van der Waals surface area contributed by atoms with Crippen molar-refractivity contribution in [3.63, 3.8) is 0 Å². The molecule has 2 N–H and O–H groups in total. The Morgan fingerprint density at radius 1 is 1.00 bits per heavy atom. The summed E-state index contributed by atoms with van der Waals surface area (Å²) < 4.78 is 13.4. The molecule has 2 aliphatic carbocycles. The van der Waals surface area contributed by atoms with Crippen molar-refractivity contribution in [3.8, 4) is 0 Å². The maximum Gasteiger partial charge on any atom is 0.271 e. The van der Waals surface area contributed by atoms with E-state index in [2.05, 4.69) is 20.6 Å². The van der Waals surface area contributed by atoms with E-state index in [0.717, 1.165) is 32.1 Å². The van der Waals surface area contributed by atoms with Gasteiger partial charge >= 0.3 is 0 Å². The van der Waals surface area contributed by atoms with Gasteiger partial charge in [-0.3, -0.25) is 14.6 Å². The van der Waals surface area contributed by atoms with Crippen molar-refractivity contribution in [1.29, 1.82) is 0 Å². The van der Waals surface area contributed by atoms with Crippen LogP contribution in [0, 0.1) is 5.82 Å². The summed E-state index contributed by atoms with van der Waals surface area (Å²) in [5.41, 5.74) is -0.103. The number of rotatable bonds is 4. The predicted molar refractivity (Wildman–Crippen MR) is 96.5 cm³/mol. The second-order valence-corrected chi connectivity index (χ2v) is 7.60. The van der Waals surface area contributed by atoms with Gasteiger partial charge in [-0.1, -0.05) is 6.07 Å². The summed E-state index contributed by atoms with van der Waals surface area (Å²) in [6.45, 7) is 0. The van der Waals surface area contributed by atoms with E-state index in [9.17, 15) is 14.0 Å². The van der Waals surface area contributed by atoms with E-state index in [0.29, 0.717) is 17.7 Å². The number of amides is 2. The molecule has 0 unspecified atom stereocenters. The molecule has 27 heavy (non-hydrogen) atoms. The van der Waals surface area contributed by atoms with E-state index in [1.807, 2.05) is 0 Å². The van der Waals surface area contributed by atoms with Crippen LogP contribution in [0.1, 0.15) is 59.4 Å². The Morgan fingerprint density at radius 3 is 2.41 bits per heavy atom.